The summed E-state index contributed by atoms with van der Waals surface area (Å²) in [5.41, 5.74) is 6.12. The quantitative estimate of drug-likeness (QED) is 0.148. The van der Waals surface area contributed by atoms with Crippen molar-refractivity contribution >= 4 is 22.8 Å². The molecule has 0 amide bonds. The fourth-order valence-electron chi connectivity index (χ4n) is 4.88. The van der Waals surface area contributed by atoms with Crippen molar-refractivity contribution in [2.75, 3.05) is 13.7 Å². The van der Waals surface area contributed by atoms with E-state index in [-0.39, 0.29) is 11.3 Å². The number of carbonyl (C=O) groups is 2. The number of methoxy groups -OCH3 is 1. The lowest BCUT2D eigenvalue weighted by Gasteiger charge is -2.10. The summed E-state index contributed by atoms with van der Waals surface area (Å²) < 4.78 is 12.6. The molecule has 206 valence electrons. The Morgan fingerprint density at radius 3 is 2.05 bits per heavy atom. The van der Waals surface area contributed by atoms with Gasteiger partial charge in [0.25, 0.3) is 0 Å². The monoisotopic (exact) mass is 553 g/mol. The van der Waals surface area contributed by atoms with Crippen LogP contribution in [-0.2, 0) is 4.74 Å². The van der Waals surface area contributed by atoms with E-state index in [0.717, 1.165) is 22.4 Å². The Labute approximate surface area is 243 Å². The van der Waals surface area contributed by atoms with Crippen molar-refractivity contribution in [1.82, 2.24) is 14.8 Å². The summed E-state index contributed by atoms with van der Waals surface area (Å²) >= 11 is 0. The van der Waals surface area contributed by atoms with Crippen molar-refractivity contribution in [3.05, 3.63) is 132 Å². The zero-order valence-corrected chi connectivity index (χ0v) is 23.2. The number of nitrogens with zero attached hydrogens (tertiary/aromatic N) is 3. The number of Topliss-reactive ketones (excluding diaryl/α,β-unsaturated/α-hetero) is 1. The van der Waals surface area contributed by atoms with Crippen LogP contribution in [-0.4, -0.2) is 40.2 Å². The predicted octanol–water partition coefficient (Wildman–Crippen LogP) is 7.11. The average Bonchev–Trinajstić information content (AvgIpc) is 3.40. The number of ketones is 1. The van der Waals surface area contributed by atoms with Gasteiger partial charge < -0.3 is 9.47 Å². The number of para-hydroxylation sites is 1. The number of carbonyl (C=O) groups excluding carboxylic acids is 2. The zero-order chi connectivity index (χ0) is 29.1. The summed E-state index contributed by atoms with van der Waals surface area (Å²) in [6.07, 6.45) is 0. The molecule has 7 nitrogen and oxygen atoms in total. The van der Waals surface area contributed by atoms with E-state index in [2.05, 4.69) is 0 Å². The van der Waals surface area contributed by atoms with E-state index in [1.807, 2.05) is 104 Å². The molecule has 0 aliphatic carbocycles. The van der Waals surface area contributed by atoms with E-state index >= 15 is 0 Å². The molecule has 0 radical (unpaired) electrons. The lowest BCUT2D eigenvalue weighted by molar-refractivity contribution is 0.0476. The largest absolute Gasteiger partial charge is 0.497 e. The molecule has 4 aromatic carbocycles. The second-order valence-electron chi connectivity index (χ2n) is 9.76. The first kappa shape index (κ1) is 26.7. The third kappa shape index (κ3) is 5.28. The highest BCUT2D eigenvalue weighted by atomic mass is 16.5. The van der Waals surface area contributed by atoms with Crippen molar-refractivity contribution in [2.45, 2.75) is 6.92 Å². The molecule has 0 atom stereocenters. The van der Waals surface area contributed by atoms with Gasteiger partial charge >= 0.3 is 5.97 Å². The predicted molar refractivity (Wildman–Crippen MR) is 162 cm³/mol. The van der Waals surface area contributed by atoms with E-state index in [1.165, 1.54) is 0 Å². The first-order chi connectivity index (χ1) is 20.5. The number of aryl methyl sites for hydroxylation is 1. The minimum absolute atomic E-state index is 0.290. The number of pyridine rings is 1. The fourth-order valence-corrected chi connectivity index (χ4v) is 4.88. The van der Waals surface area contributed by atoms with Gasteiger partial charge in [-0.15, -0.1) is 0 Å². The molecule has 2 heterocycles. The molecule has 0 unspecified atom stereocenters. The average molecular weight is 554 g/mol. The third-order valence-corrected chi connectivity index (χ3v) is 7.07. The maximum Gasteiger partial charge on any atom is 0.339 e. The smallest absolute Gasteiger partial charge is 0.339 e. The van der Waals surface area contributed by atoms with Gasteiger partial charge in [-0.1, -0.05) is 72.8 Å². The summed E-state index contributed by atoms with van der Waals surface area (Å²) in [5, 5.41) is 5.27. The highest BCUT2D eigenvalue weighted by Crippen LogP contribution is 2.30. The van der Waals surface area contributed by atoms with Gasteiger partial charge in [-0.3, -0.25) is 4.79 Å². The summed E-state index contributed by atoms with van der Waals surface area (Å²) in [7, 11) is 1.60. The maximum absolute atomic E-state index is 13.6. The Bertz CT molecular complexity index is 1880. The minimum Gasteiger partial charge on any atom is -0.497 e. The fraction of sp³-hybridized carbons (Fsp3) is 0.0857. The van der Waals surface area contributed by atoms with Crippen LogP contribution in [0.15, 0.2) is 115 Å². The van der Waals surface area contributed by atoms with Gasteiger partial charge in [0.15, 0.2) is 18.0 Å². The van der Waals surface area contributed by atoms with Gasteiger partial charge in [-0.2, -0.15) is 5.10 Å². The van der Waals surface area contributed by atoms with Crippen LogP contribution in [0.3, 0.4) is 0 Å². The van der Waals surface area contributed by atoms with Crippen LogP contribution in [0.2, 0.25) is 0 Å². The van der Waals surface area contributed by atoms with Gasteiger partial charge in [0.05, 0.1) is 35.1 Å². The van der Waals surface area contributed by atoms with E-state index in [1.54, 1.807) is 30.0 Å². The lowest BCUT2D eigenvalue weighted by Crippen LogP contribution is -2.15. The highest BCUT2D eigenvalue weighted by Gasteiger charge is 2.23. The number of fused-ring (bicyclic) bond motifs is 1. The van der Waals surface area contributed by atoms with Crippen LogP contribution < -0.4 is 4.74 Å². The van der Waals surface area contributed by atoms with E-state index < -0.39 is 12.6 Å². The SMILES string of the molecule is COc1ccc(-c2cc(C(=O)OCC(=O)c3ccc(-c4ccccc4)cc3)c3c(C)nn(-c4ccccc4)c3n2)cc1. The summed E-state index contributed by atoms with van der Waals surface area (Å²) in [6, 6.07) is 35.9. The number of hydrogen-bond acceptors (Lipinski definition) is 6. The Balaban J connectivity index is 1.32. The van der Waals surface area contributed by atoms with Gasteiger partial charge in [0.2, 0.25) is 0 Å². The number of aromatic nitrogens is 3. The van der Waals surface area contributed by atoms with Crippen molar-refractivity contribution in [2.24, 2.45) is 0 Å². The van der Waals surface area contributed by atoms with Gasteiger partial charge in [-0.05, 0) is 60.5 Å². The van der Waals surface area contributed by atoms with Gasteiger partial charge in [0.1, 0.15) is 5.75 Å². The zero-order valence-electron chi connectivity index (χ0n) is 23.2. The van der Waals surface area contributed by atoms with Crippen LogP contribution in [0.4, 0.5) is 0 Å². The Kier molecular flexibility index (Phi) is 7.30. The first-order valence-corrected chi connectivity index (χ1v) is 13.5. The number of esters is 1. The molecule has 0 aliphatic rings. The molecule has 7 heteroatoms. The summed E-state index contributed by atoms with van der Waals surface area (Å²) in [5.74, 6) is -0.206. The Morgan fingerprint density at radius 1 is 0.762 bits per heavy atom. The number of ether oxygens (including phenoxy) is 2. The molecule has 0 spiro atoms. The molecular weight excluding hydrogens is 526 g/mol. The molecule has 0 bridgehead atoms. The second-order valence-corrected chi connectivity index (χ2v) is 9.76. The lowest BCUT2D eigenvalue weighted by atomic mass is 10.0. The van der Waals surface area contributed by atoms with E-state index in [0.29, 0.717) is 33.7 Å². The Hall–Kier alpha value is -5.56. The molecule has 0 saturated carbocycles. The molecule has 0 fully saturated rings. The normalized spacial score (nSPS) is 10.9. The van der Waals surface area contributed by atoms with Crippen molar-refractivity contribution in [3.63, 3.8) is 0 Å². The molecular formula is C35H27N3O4. The second kappa shape index (κ2) is 11.5. The highest BCUT2D eigenvalue weighted by molar-refractivity contribution is 6.06. The molecule has 0 N–H and O–H groups in total. The molecule has 2 aromatic heterocycles. The van der Waals surface area contributed by atoms with Crippen LogP contribution in [0.5, 0.6) is 5.75 Å². The Morgan fingerprint density at radius 2 is 1.38 bits per heavy atom. The van der Waals surface area contributed by atoms with E-state index in [4.69, 9.17) is 19.6 Å². The number of rotatable bonds is 8. The minimum atomic E-state index is -0.623. The summed E-state index contributed by atoms with van der Waals surface area (Å²) in [6.45, 7) is 1.43. The molecule has 6 rings (SSSR count). The van der Waals surface area contributed by atoms with Crippen LogP contribution >= 0.6 is 0 Å². The van der Waals surface area contributed by atoms with Crippen LogP contribution in [0, 0.1) is 6.92 Å². The topological polar surface area (TPSA) is 83.3 Å². The molecule has 42 heavy (non-hydrogen) atoms. The van der Waals surface area contributed by atoms with Crippen molar-refractivity contribution in [1.29, 1.82) is 0 Å². The van der Waals surface area contributed by atoms with Crippen LogP contribution in [0.25, 0.3) is 39.1 Å². The van der Waals surface area contributed by atoms with E-state index in [9.17, 15) is 9.59 Å². The standard InChI is InChI=1S/C35H27N3O4/c1-23-33-30(35(40)42-22-32(39)27-15-13-25(14-16-27)24-9-5-3-6-10-24)21-31(26-17-19-29(41-2)20-18-26)36-34(33)38(37-23)28-11-7-4-8-12-28/h3-21H,22H2,1-2H3. The van der Waals surface area contributed by atoms with Crippen molar-refractivity contribution in [3.8, 4) is 33.8 Å². The molecule has 6 aromatic rings. The number of benzene rings is 4. The van der Waals surface area contributed by atoms with Gasteiger partial charge in [0, 0.05) is 11.1 Å². The molecule has 0 aliphatic heterocycles. The third-order valence-electron chi connectivity index (χ3n) is 7.07. The maximum atomic E-state index is 13.6. The molecule has 0 saturated heterocycles. The number of hydrogen-bond donors (Lipinski definition) is 0. The van der Waals surface area contributed by atoms with Crippen LogP contribution in [0.1, 0.15) is 26.4 Å². The van der Waals surface area contributed by atoms with Gasteiger partial charge in [-0.25, -0.2) is 14.5 Å². The summed E-state index contributed by atoms with van der Waals surface area (Å²) in [4.78, 5) is 31.4. The van der Waals surface area contributed by atoms with Crippen molar-refractivity contribution < 1.29 is 19.1 Å². The first-order valence-electron chi connectivity index (χ1n) is 13.5.